The normalized spacial score (nSPS) is 9.67. The summed E-state index contributed by atoms with van der Waals surface area (Å²) in [5, 5.41) is 0. The van der Waals surface area contributed by atoms with E-state index in [1.54, 1.807) is 19.2 Å². The topological polar surface area (TPSA) is 29.5 Å². The molecule has 0 aliphatic carbocycles. The maximum absolute atomic E-state index is 12.8. The van der Waals surface area contributed by atoms with E-state index < -0.39 is 5.83 Å². The lowest BCUT2D eigenvalue weighted by Crippen LogP contribution is -2.30. The number of amides is 1. The van der Waals surface area contributed by atoms with Gasteiger partial charge in [0.05, 0.1) is 13.7 Å². The Labute approximate surface area is 106 Å². The average molecular weight is 249 g/mol. The van der Waals surface area contributed by atoms with Gasteiger partial charge < -0.3 is 9.64 Å². The Bertz CT molecular complexity index is 440. The van der Waals surface area contributed by atoms with Gasteiger partial charge in [-0.15, -0.1) is 0 Å². The minimum Gasteiger partial charge on any atom is -0.497 e. The van der Waals surface area contributed by atoms with Gasteiger partial charge in [0, 0.05) is 6.54 Å². The number of benzene rings is 1. The van der Waals surface area contributed by atoms with Crippen LogP contribution in [0, 0.1) is 0 Å². The van der Waals surface area contributed by atoms with Gasteiger partial charge in [0.25, 0.3) is 0 Å². The van der Waals surface area contributed by atoms with Crippen LogP contribution in [0.2, 0.25) is 0 Å². The third-order valence-corrected chi connectivity index (χ3v) is 2.38. The van der Waals surface area contributed by atoms with Crippen LogP contribution in [0.3, 0.4) is 0 Å². The van der Waals surface area contributed by atoms with Crippen molar-refractivity contribution in [2.24, 2.45) is 0 Å². The highest BCUT2D eigenvalue weighted by Gasteiger charge is 2.12. The highest BCUT2D eigenvalue weighted by atomic mass is 19.1. The van der Waals surface area contributed by atoms with E-state index in [4.69, 9.17) is 4.74 Å². The highest BCUT2D eigenvalue weighted by Crippen LogP contribution is 2.14. The summed E-state index contributed by atoms with van der Waals surface area (Å²) >= 11 is 0. The van der Waals surface area contributed by atoms with E-state index in [0.29, 0.717) is 6.54 Å². The molecular formula is C14H16FNO2. The fourth-order valence-corrected chi connectivity index (χ4v) is 1.50. The zero-order chi connectivity index (χ0) is 13.5. The monoisotopic (exact) mass is 249 g/mol. The molecular weight excluding hydrogens is 233 g/mol. The molecule has 18 heavy (non-hydrogen) atoms. The molecule has 0 aliphatic heterocycles. The molecule has 3 nitrogen and oxygen atoms in total. The Morgan fingerprint density at radius 2 is 2.06 bits per heavy atom. The molecule has 0 spiro atoms. The second-order valence-electron chi connectivity index (χ2n) is 3.76. The number of ether oxygens (including phenoxy) is 1. The fourth-order valence-electron chi connectivity index (χ4n) is 1.50. The van der Waals surface area contributed by atoms with Crippen LogP contribution in [0.4, 0.5) is 4.39 Å². The van der Waals surface area contributed by atoms with Crippen molar-refractivity contribution in [1.29, 1.82) is 0 Å². The molecule has 1 rings (SSSR count). The fraction of sp³-hybridized carbons (Fsp3) is 0.214. The Balaban J connectivity index is 2.78. The molecule has 0 fully saturated rings. The van der Waals surface area contributed by atoms with Crippen LogP contribution in [-0.2, 0) is 11.3 Å². The van der Waals surface area contributed by atoms with Crippen LogP contribution in [0.25, 0.3) is 0 Å². The first-order valence-electron chi connectivity index (χ1n) is 5.44. The van der Waals surface area contributed by atoms with Crippen molar-refractivity contribution < 1.29 is 13.9 Å². The number of rotatable bonds is 6. The molecule has 0 atom stereocenters. The Hall–Kier alpha value is -2.10. The van der Waals surface area contributed by atoms with Gasteiger partial charge in [-0.3, -0.25) is 4.79 Å². The van der Waals surface area contributed by atoms with E-state index in [9.17, 15) is 9.18 Å². The first kappa shape index (κ1) is 14.0. The van der Waals surface area contributed by atoms with Gasteiger partial charge in [-0.1, -0.05) is 25.3 Å². The predicted molar refractivity (Wildman–Crippen MR) is 68.9 cm³/mol. The number of methoxy groups -OCH3 is 1. The van der Waals surface area contributed by atoms with Crippen LogP contribution >= 0.6 is 0 Å². The van der Waals surface area contributed by atoms with Crippen molar-refractivity contribution in [1.82, 2.24) is 4.90 Å². The van der Waals surface area contributed by atoms with Gasteiger partial charge in [-0.05, 0) is 23.8 Å². The smallest absolute Gasteiger partial charge is 0.246 e. The molecule has 1 aromatic rings. The average Bonchev–Trinajstić information content (AvgIpc) is 2.37. The van der Waals surface area contributed by atoms with Gasteiger partial charge in [0.1, 0.15) is 11.6 Å². The largest absolute Gasteiger partial charge is 0.497 e. The molecule has 0 saturated heterocycles. The summed E-state index contributed by atoms with van der Waals surface area (Å²) in [5.41, 5.74) is 0.882. The van der Waals surface area contributed by atoms with Gasteiger partial charge in [-0.25, -0.2) is 4.39 Å². The molecule has 0 aromatic heterocycles. The number of carbonyl (C=O) groups is 1. The first-order chi connectivity index (χ1) is 8.56. The van der Waals surface area contributed by atoms with Crippen LogP contribution < -0.4 is 4.74 Å². The maximum Gasteiger partial charge on any atom is 0.246 e. The Kier molecular flexibility index (Phi) is 5.11. The van der Waals surface area contributed by atoms with Crippen LogP contribution in [0.15, 0.2) is 49.3 Å². The Morgan fingerprint density at radius 3 is 2.50 bits per heavy atom. The number of halogens is 1. The summed E-state index contributed by atoms with van der Waals surface area (Å²) in [4.78, 5) is 12.9. The number of nitrogens with zero attached hydrogens (tertiary/aromatic N) is 1. The lowest BCUT2D eigenvalue weighted by atomic mass is 10.2. The zero-order valence-electron chi connectivity index (χ0n) is 10.4. The number of carbonyl (C=O) groups excluding carboxylic acids is 1. The molecule has 0 aliphatic rings. The SMILES string of the molecule is C=CC(=O)N(CC(=C)F)Cc1ccc(OC)cc1. The summed E-state index contributed by atoms with van der Waals surface area (Å²) in [6.07, 6.45) is 1.16. The van der Waals surface area contributed by atoms with Gasteiger partial charge in [0.2, 0.25) is 5.91 Å². The minimum absolute atomic E-state index is 0.128. The molecule has 1 aromatic carbocycles. The maximum atomic E-state index is 12.8. The van der Waals surface area contributed by atoms with E-state index >= 15 is 0 Å². The third kappa shape index (κ3) is 4.05. The molecule has 0 unspecified atom stereocenters. The van der Waals surface area contributed by atoms with Crippen molar-refractivity contribution >= 4 is 5.91 Å². The first-order valence-corrected chi connectivity index (χ1v) is 5.44. The van der Waals surface area contributed by atoms with Gasteiger partial charge in [0.15, 0.2) is 0 Å². The van der Waals surface area contributed by atoms with Gasteiger partial charge in [-0.2, -0.15) is 0 Å². The summed E-state index contributed by atoms with van der Waals surface area (Å²) in [6, 6.07) is 7.22. The lowest BCUT2D eigenvalue weighted by Gasteiger charge is -2.20. The predicted octanol–water partition coefficient (Wildman–Crippen LogP) is 2.69. The minimum atomic E-state index is -0.557. The number of hydrogen-bond acceptors (Lipinski definition) is 2. The molecule has 0 heterocycles. The second-order valence-corrected chi connectivity index (χ2v) is 3.76. The van der Waals surface area contributed by atoms with E-state index in [0.717, 1.165) is 17.4 Å². The standard InChI is InChI=1S/C14H16FNO2/c1-4-14(17)16(9-11(2)15)10-12-5-7-13(18-3)8-6-12/h4-8H,1-2,9-10H2,3H3. The van der Waals surface area contributed by atoms with Gasteiger partial charge >= 0.3 is 0 Å². The molecule has 0 saturated carbocycles. The molecule has 0 N–H and O–H groups in total. The van der Waals surface area contributed by atoms with Crippen molar-refractivity contribution in [3.63, 3.8) is 0 Å². The zero-order valence-corrected chi connectivity index (χ0v) is 10.4. The van der Waals surface area contributed by atoms with Crippen molar-refractivity contribution in [3.8, 4) is 5.75 Å². The molecule has 1 amide bonds. The molecule has 0 radical (unpaired) electrons. The molecule has 96 valence electrons. The summed E-state index contributed by atoms with van der Waals surface area (Å²) in [6.45, 7) is 6.74. The highest BCUT2D eigenvalue weighted by molar-refractivity contribution is 5.87. The lowest BCUT2D eigenvalue weighted by molar-refractivity contribution is -0.126. The molecule has 0 bridgehead atoms. The summed E-state index contributed by atoms with van der Waals surface area (Å²) in [5.74, 6) is -0.154. The second kappa shape index (κ2) is 6.59. The van der Waals surface area contributed by atoms with Crippen LogP contribution in [0.1, 0.15) is 5.56 Å². The summed E-state index contributed by atoms with van der Waals surface area (Å²) in [7, 11) is 1.58. The third-order valence-electron chi connectivity index (χ3n) is 2.38. The van der Waals surface area contributed by atoms with Crippen molar-refractivity contribution in [2.75, 3.05) is 13.7 Å². The van der Waals surface area contributed by atoms with E-state index in [1.807, 2.05) is 12.1 Å². The van der Waals surface area contributed by atoms with Crippen molar-refractivity contribution in [2.45, 2.75) is 6.54 Å². The van der Waals surface area contributed by atoms with E-state index in [1.165, 1.54) is 4.90 Å². The van der Waals surface area contributed by atoms with E-state index in [2.05, 4.69) is 13.2 Å². The van der Waals surface area contributed by atoms with Crippen LogP contribution in [0.5, 0.6) is 5.75 Å². The summed E-state index contributed by atoms with van der Waals surface area (Å²) < 4.78 is 17.9. The van der Waals surface area contributed by atoms with E-state index in [-0.39, 0.29) is 12.5 Å². The van der Waals surface area contributed by atoms with Crippen LogP contribution in [-0.4, -0.2) is 24.5 Å². The molecule has 4 heteroatoms. The number of hydrogen-bond donors (Lipinski definition) is 0. The Morgan fingerprint density at radius 1 is 1.44 bits per heavy atom. The van der Waals surface area contributed by atoms with Crippen molar-refractivity contribution in [3.05, 3.63) is 54.9 Å². The quantitative estimate of drug-likeness (QED) is 0.725.